The Balaban J connectivity index is 2.14. The number of thioether (sulfide) groups is 1. The summed E-state index contributed by atoms with van der Waals surface area (Å²) in [4.78, 5) is 39.2. The van der Waals surface area contributed by atoms with Gasteiger partial charge < -0.3 is 14.9 Å². The first-order valence-corrected chi connectivity index (χ1v) is 9.01. The number of amides is 2. The summed E-state index contributed by atoms with van der Waals surface area (Å²) in [6.07, 6.45) is 0.570. The molecule has 1 aromatic carbocycles. The molecule has 2 unspecified atom stereocenters. The maximum Gasteiger partial charge on any atom is 0.326 e. The Morgan fingerprint density at radius 2 is 2.00 bits per heavy atom. The quantitative estimate of drug-likeness (QED) is 0.840. The van der Waals surface area contributed by atoms with E-state index in [1.807, 2.05) is 30.3 Å². The van der Waals surface area contributed by atoms with Crippen molar-refractivity contribution in [2.24, 2.45) is 0 Å². The van der Waals surface area contributed by atoms with Gasteiger partial charge in [-0.25, -0.2) is 4.79 Å². The predicted molar refractivity (Wildman–Crippen MR) is 92.6 cm³/mol. The fourth-order valence-corrected chi connectivity index (χ4v) is 3.88. The van der Waals surface area contributed by atoms with Crippen molar-refractivity contribution in [1.29, 1.82) is 0 Å². The Morgan fingerprint density at radius 1 is 1.33 bits per heavy atom. The molecule has 1 aliphatic rings. The molecule has 0 bridgehead atoms. The lowest BCUT2D eigenvalue weighted by atomic mass is 10.0. The second kappa shape index (κ2) is 8.19. The number of rotatable bonds is 6. The van der Waals surface area contributed by atoms with Crippen molar-refractivity contribution in [2.45, 2.75) is 31.8 Å². The van der Waals surface area contributed by atoms with Gasteiger partial charge in [-0.3, -0.25) is 9.59 Å². The van der Waals surface area contributed by atoms with Gasteiger partial charge >= 0.3 is 5.97 Å². The zero-order valence-electron chi connectivity index (χ0n) is 13.8. The SMILES string of the molecule is CCC(=O)N1CSCC1C(=O)N(C)C(Cc1ccccc1)C(=O)O. The average molecular weight is 350 g/mol. The average Bonchev–Trinajstić information content (AvgIpc) is 3.08. The number of aliphatic carboxylic acids is 1. The lowest BCUT2D eigenvalue weighted by molar-refractivity contribution is -0.152. The minimum absolute atomic E-state index is 0.0818. The number of carboxylic acid groups (broad SMARTS) is 1. The number of carboxylic acids is 1. The number of hydrogen-bond donors (Lipinski definition) is 1. The summed E-state index contributed by atoms with van der Waals surface area (Å²) in [5.74, 6) is -0.458. The molecular weight excluding hydrogens is 328 g/mol. The molecule has 1 saturated heterocycles. The van der Waals surface area contributed by atoms with Crippen LogP contribution < -0.4 is 0 Å². The van der Waals surface area contributed by atoms with E-state index in [0.717, 1.165) is 5.56 Å². The third kappa shape index (κ3) is 4.08. The zero-order chi connectivity index (χ0) is 17.7. The highest BCUT2D eigenvalue weighted by molar-refractivity contribution is 7.99. The van der Waals surface area contributed by atoms with Crippen molar-refractivity contribution in [2.75, 3.05) is 18.7 Å². The summed E-state index contributed by atoms with van der Waals surface area (Å²) in [5, 5.41) is 9.54. The van der Waals surface area contributed by atoms with E-state index in [2.05, 4.69) is 0 Å². The van der Waals surface area contributed by atoms with E-state index < -0.39 is 18.1 Å². The lowest BCUT2D eigenvalue weighted by Crippen LogP contribution is -2.53. The summed E-state index contributed by atoms with van der Waals surface area (Å²) in [6, 6.07) is 7.68. The van der Waals surface area contributed by atoms with Crippen LogP contribution >= 0.6 is 11.8 Å². The molecule has 130 valence electrons. The van der Waals surface area contributed by atoms with E-state index in [4.69, 9.17) is 0 Å². The first-order chi connectivity index (χ1) is 11.5. The van der Waals surface area contributed by atoms with Crippen molar-refractivity contribution in [3.05, 3.63) is 35.9 Å². The van der Waals surface area contributed by atoms with Crippen molar-refractivity contribution in [3.8, 4) is 0 Å². The molecule has 0 aliphatic carbocycles. The van der Waals surface area contributed by atoms with E-state index in [9.17, 15) is 19.5 Å². The molecular formula is C17H22N2O4S. The van der Waals surface area contributed by atoms with E-state index in [0.29, 0.717) is 18.1 Å². The van der Waals surface area contributed by atoms with Crippen LogP contribution in [0, 0.1) is 0 Å². The Hall–Kier alpha value is -2.02. The molecule has 1 fully saturated rings. The van der Waals surface area contributed by atoms with Crippen LogP contribution in [0.1, 0.15) is 18.9 Å². The van der Waals surface area contributed by atoms with Crippen molar-refractivity contribution in [1.82, 2.24) is 9.80 Å². The third-order valence-corrected chi connectivity index (χ3v) is 5.17. The predicted octanol–water partition coefficient (Wildman–Crippen LogP) is 1.45. The molecule has 2 rings (SSSR count). The van der Waals surface area contributed by atoms with Gasteiger partial charge in [0.25, 0.3) is 0 Å². The molecule has 0 aromatic heterocycles. The summed E-state index contributed by atoms with van der Waals surface area (Å²) in [6.45, 7) is 1.76. The Bertz CT molecular complexity index is 608. The highest BCUT2D eigenvalue weighted by atomic mass is 32.2. The van der Waals surface area contributed by atoms with Gasteiger partial charge in [-0.1, -0.05) is 37.3 Å². The van der Waals surface area contributed by atoms with Crippen LogP contribution in [0.4, 0.5) is 0 Å². The second-order valence-corrected chi connectivity index (χ2v) is 6.73. The molecule has 1 aromatic rings. The van der Waals surface area contributed by atoms with Crippen LogP contribution in [0.15, 0.2) is 30.3 Å². The molecule has 1 aliphatic heterocycles. The normalized spacial score (nSPS) is 18.2. The Morgan fingerprint density at radius 3 is 2.58 bits per heavy atom. The van der Waals surface area contributed by atoms with Crippen molar-refractivity contribution < 1.29 is 19.5 Å². The number of carbonyl (C=O) groups excluding carboxylic acids is 2. The van der Waals surface area contributed by atoms with Gasteiger partial charge in [0.15, 0.2) is 0 Å². The van der Waals surface area contributed by atoms with E-state index in [1.54, 1.807) is 11.8 Å². The van der Waals surface area contributed by atoms with Crippen LogP contribution in [0.2, 0.25) is 0 Å². The minimum atomic E-state index is -1.05. The first kappa shape index (κ1) is 18.3. The largest absolute Gasteiger partial charge is 0.480 e. The Labute approximate surface area is 145 Å². The van der Waals surface area contributed by atoms with Gasteiger partial charge in [0, 0.05) is 25.6 Å². The highest BCUT2D eigenvalue weighted by Crippen LogP contribution is 2.24. The topological polar surface area (TPSA) is 77.9 Å². The van der Waals surface area contributed by atoms with Gasteiger partial charge in [0.1, 0.15) is 12.1 Å². The number of likely N-dealkylation sites (N-methyl/N-ethyl adjacent to an activating group) is 1. The number of benzene rings is 1. The van der Waals surface area contributed by atoms with Crippen molar-refractivity contribution in [3.63, 3.8) is 0 Å². The molecule has 2 amide bonds. The lowest BCUT2D eigenvalue weighted by Gasteiger charge is -2.30. The molecule has 6 nitrogen and oxygen atoms in total. The first-order valence-electron chi connectivity index (χ1n) is 7.86. The van der Waals surface area contributed by atoms with Gasteiger partial charge in [-0.2, -0.15) is 0 Å². The van der Waals surface area contributed by atoms with Gasteiger partial charge in [0.2, 0.25) is 11.8 Å². The molecule has 2 atom stereocenters. The summed E-state index contributed by atoms with van der Waals surface area (Å²) >= 11 is 1.51. The molecule has 0 radical (unpaired) electrons. The number of nitrogens with zero attached hydrogens (tertiary/aromatic N) is 2. The zero-order valence-corrected chi connectivity index (χ0v) is 14.7. The molecule has 0 saturated carbocycles. The number of carbonyl (C=O) groups is 3. The van der Waals surface area contributed by atoms with Gasteiger partial charge in [-0.05, 0) is 5.56 Å². The number of hydrogen-bond acceptors (Lipinski definition) is 4. The summed E-state index contributed by atoms with van der Waals surface area (Å²) < 4.78 is 0. The van der Waals surface area contributed by atoms with E-state index >= 15 is 0 Å². The van der Waals surface area contributed by atoms with E-state index in [1.165, 1.54) is 23.7 Å². The smallest absolute Gasteiger partial charge is 0.326 e. The standard InChI is InChI=1S/C17H22N2O4S/c1-3-15(20)19-11-24-10-14(19)16(21)18(2)13(17(22)23)9-12-7-5-4-6-8-12/h4-8,13-14H,3,9-11H2,1-2H3,(H,22,23). The van der Waals surface area contributed by atoms with E-state index in [-0.39, 0.29) is 18.2 Å². The van der Waals surface area contributed by atoms with Crippen LogP contribution in [-0.4, -0.2) is 63.5 Å². The molecule has 0 spiro atoms. The Kier molecular flexibility index (Phi) is 6.25. The summed E-state index contributed by atoms with van der Waals surface area (Å²) in [7, 11) is 1.50. The minimum Gasteiger partial charge on any atom is -0.480 e. The fourth-order valence-electron chi connectivity index (χ4n) is 2.71. The fraction of sp³-hybridized carbons (Fsp3) is 0.471. The van der Waals surface area contributed by atoms with Crippen LogP contribution in [0.5, 0.6) is 0 Å². The third-order valence-electron chi connectivity index (χ3n) is 4.16. The molecule has 1 N–H and O–H groups in total. The van der Waals surface area contributed by atoms with Crippen molar-refractivity contribution >= 4 is 29.5 Å². The monoisotopic (exact) mass is 350 g/mol. The second-order valence-electron chi connectivity index (χ2n) is 5.73. The van der Waals surface area contributed by atoms with Crippen LogP contribution in [0.25, 0.3) is 0 Å². The molecule has 1 heterocycles. The highest BCUT2D eigenvalue weighted by Gasteiger charge is 2.38. The maximum atomic E-state index is 12.8. The maximum absolute atomic E-state index is 12.8. The van der Waals surface area contributed by atoms with Gasteiger partial charge in [-0.15, -0.1) is 11.8 Å². The van der Waals surface area contributed by atoms with Gasteiger partial charge in [0.05, 0.1) is 5.88 Å². The van der Waals surface area contributed by atoms with Crippen LogP contribution in [-0.2, 0) is 20.8 Å². The molecule has 24 heavy (non-hydrogen) atoms. The summed E-state index contributed by atoms with van der Waals surface area (Å²) in [5.41, 5.74) is 0.854. The van der Waals surface area contributed by atoms with Crippen LogP contribution in [0.3, 0.4) is 0 Å². The molecule has 7 heteroatoms.